The Morgan fingerprint density at radius 2 is 1.97 bits per heavy atom. The van der Waals surface area contributed by atoms with E-state index in [-0.39, 0.29) is 11.3 Å². The largest absolute Gasteiger partial charge is 0.494 e. The number of carbonyl (C=O) groups is 1. The van der Waals surface area contributed by atoms with Crippen LogP contribution in [0.5, 0.6) is 5.75 Å². The monoisotopic (exact) mass is 412 g/mol. The number of aromatic nitrogens is 1. The molecule has 0 radical (unpaired) electrons. The molecule has 29 heavy (non-hydrogen) atoms. The highest BCUT2D eigenvalue weighted by atomic mass is 32.1. The molecule has 2 aromatic carbocycles. The van der Waals surface area contributed by atoms with E-state index < -0.39 is 10.8 Å². The summed E-state index contributed by atoms with van der Waals surface area (Å²) in [5, 5.41) is 17.1. The first-order chi connectivity index (χ1) is 13.9. The Morgan fingerprint density at radius 3 is 2.59 bits per heavy atom. The van der Waals surface area contributed by atoms with Crippen LogP contribution in [0.15, 0.2) is 42.5 Å². The Kier molecular flexibility index (Phi) is 6.08. The third-order valence-electron chi connectivity index (χ3n) is 4.18. The summed E-state index contributed by atoms with van der Waals surface area (Å²) in [6.07, 6.45) is 0. The van der Waals surface area contributed by atoms with Gasteiger partial charge in [-0.2, -0.15) is 0 Å². The number of aryl methyl sites for hydroxylation is 1. The van der Waals surface area contributed by atoms with Gasteiger partial charge in [0.05, 0.1) is 22.8 Å². The molecule has 1 aromatic heterocycles. The Hall–Kier alpha value is -3.46. The summed E-state index contributed by atoms with van der Waals surface area (Å²) in [6, 6.07) is 11.7. The van der Waals surface area contributed by atoms with Gasteiger partial charge >= 0.3 is 0 Å². The molecular weight excluding hydrogens is 392 g/mol. The van der Waals surface area contributed by atoms with Crippen LogP contribution in [-0.2, 0) is 0 Å². The Bertz CT molecular complexity index is 1050. The van der Waals surface area contributed by atoms with Crippen molar-refractivity contribution in [3.8, 4) is 17.0 Å². The van der Waals surface area contributed by atoms with Crippen molar-refractivity contribution >= 4 is 33.8 Å². The lowest BCUT2D eigenvalue weighted by atomic mass is 10.1. The molecule has 0 bridgehead atoms. The number of thiazole rings is 1. The van der Waals surface area contributed by atoms with E-state index in [4.69, 9.17) is 4.74 Å². The third-order valence-corrected chi connectivity index (χ3v) is 5.07. The fourth-order valence-corrected chi connectivity index (χ4v) is 3.64. The first kappa shape index (κ1) is 20.3. The van der Waals surface area contributed by atoms with Gasteiger partial charge in [0.15, 0.2) is 5.13 Å². The van der Waals surface area contributed by atoms with Gasteiger partial charge in [0, 0.05) is 35.3 Å². The second-order valence-electron chi connectivity index (χ2n) is 6.07. The van der Waals surface area contributed by atoms with Crippen molar-refractivity contribution in [1.29, 1.82) is 0 Å². The van der Waals surface area contributed by atoms with E-state index in [2.05, 4.69) is 15.6 Å². The minimum atomic E-state index is -0.534. The summed E-state index contributed by atoms with van der Waals surface area (Å²) in [5.41, 5.74) is 2.19. The summed E-state index contributed by atoms with van der Waals surface area (Å²) in [4.78, 5) is 28.7. The van der Waals surface area contributed by atoms with Gasteiger partial charge in [-0.1, -0.05) is 0 Å². The number of nitro groups is 1. The van der Waals surface area contributed by atoms with Crippen LogP contribution >= 0.6 is 11.3 Å². The Morgan fingerprint density at radius 1 is 1.24 bits per heavy atom. The summed E-state index contributed by atoms with van der Waals surface area (Å²) >= 11 is 1.34. The van der Waals surface area contributed by atoms with Gasteiger partial charge in [-0.05, 0) is 44.2 Å². The van der Waals surface area contributed by atoms with Crippen LogP contribution in [0.4, 0.5) is 16.5 Å². The number of carbonyl (C=O) groups excluding carboxylic acids is 1. The highest BCUT2D eigenvalue weighted by Gasteiger charge is 2.18. The SMILES string of the molecule is CCOc1ccc(-c2nc(NC(=O)c3cc([N+](=O)[O-])ccc3NC)sc2C)cc1. The minimum absolute atomic E-state index is 0.153. The number of amides is 1. The van der Waals surface area contributed by atoms with Crippen LogP contribution in [0.3, 0.4) is 0 Å². The zero-order valence-corrected chi connectivity index (χ0v) is 17.0. The first-order valence-corrected chi connectivity index (χ1v) is 9.72. The normalized spacial score (nSPS) is 10.4. The number of anilines is 2. The second-order valence-corrected chi connectivity index (χ2v) is 7.28. The van der Waals surface area contributed by atoms with Crippen LogP contribution < -0.4 is 15.4 Å². The van der Waals surface area contributed by atoms with Crippen molar-refractivity contribution in [2.75, 3.05) is 24.3 Å². The highest BCUT2D eigenvalue weighted by molar-refractivity contribution is 7.16. The van der Waals surface area contributed by atoms with Crippen molar-refractivity contribution in [3.63, 3.8) is 0 Å². The van der Waals surface area contributed by atoms with Gasteiger partial charge in [0.2, 0.25) is 0 Å². The number of nitro benzene ring substituents is 1. The van der Waals surface area contributed by atoms with Crippen LogP contribution in [0.1, 0.15) is 22.2 Å². The van der Waals surface area contributed by atoms with Gasteiger partial charge in [0.1, 0.15) is 5.75 Å². The van der Waals surface area contributed by atoms with Crippen LogP contribution in [0.2, 0.25) is 0 Å². The van der Waals surface area contributed by atoms with E-state index in [1.807, 2.05) is 38.1 Å². The van der Waals surface area contributed by atoms with E-state index in [9.17, 15) is 14.9 Å². The maximum atomic E-state index is 12.7. The maximum Gasteiger partial charge on any atom is 0.270 e. The van der Waals surface area contributed by atoms with Crippen LogP contribution in [0.25, 0.3) is 11.3 Å². The molecule has 2 N–H and O–H groups in total. The van der Waals surface area contributed by atoms with Gasteiger partial charge < -0.3 is 10.1 Å². The molecule has 1 heterocycles. The molecule has 150 valence electrons. The van der Waals surface area contributed by atoms with Crippen LogP contribution in [0, 0.1) is 17.0 Å². The molecule has 0 saturated carbocycles. The summed E-state index contributed by atoms with van der Waals surface area (Å²) in [6.45, 7) is 4.44. The van der Waals surface area contributed by atoms with E-state index in [1.165, 1.54) is 29.5 Å². The van der Waals surface area contributed by atoms with Crippen molar-refractivity contribution in [2.45, 2.75) is 13.8 Å². The lowest BCUT2D eigenvalue weighted by Gasteiger charge is -2.08. The van der Waals surface area contributed by atoms with Crippen molar-refractivity contribution in [2.24, 2.45) is 0 Å². The number of ether oxygens (including phenoxy) is 1. The van der Waals surface area contributed by atoms with E-state index >= 15 is 0 Å². The zero-order chi connectivity index (χ0) is 21.0. The standard InChI is InChI=1S/C20H20N4O4S/c1-4-28-15-8-5-13(6-9-15)18-12(2)29-20(22-18)23-19(25)16-11-14(24(26)27)7-10-17(16)21-3/h5-11,21H,4H2,1-3H3,(H,22,23,25). The van der Waals surface area contributed by atoms with Gasteiger partial charge in [0.25, 0.3) is 11.6 Å². The third kappa shape index (κ3) is 4.52. The molecular formula is C20H20N4O4S. The molecule has 8 nitrogen and oxygen atoms in total. The molecule has 0 aliphatic rings. The lowest BCUT2D eigenvalue weighted by Crippen LogP contribution is -2.14. The van der Waals surface area contributed by atoms with Gasteiger partial charge in [-0.25, -0.2) is 4.98 Å². The molecule has 0 saturated heterocycles. The van der Waals surface area contributed by atoms with Gasteiger partial charge in [-0.3, -0.25) is 20.2 Å². The molecule has 0 aliphatic carbocycles. The molecule has 3 rings (SSSR count). The number of nitrogens with one attached hydrogen (secondary N) is 2. The Labute approximate surface area is 171 Å². The molecule has 0 atom stereocenters. The molecule has 9 heteroatoms. The average molecular weight is 412 g/mol. The molecule has 0 spiro atoms. The van der Waals surface area contributed by atoms with Crippen molar-refractivity contribution < 1.29 is 14.5 Å². The minimum Gasteiger partial charge on any atom is -0.494 e. The van der Waals surface area contributed by atoms with E-state index in [1.54, 1.807) is 7.05 Å². The Balaban J connectivity index is 1.84. The quantitative estimate of drug-likeness (QED) is 0.430. The smallest absolute Gasteiger partial charge is 0.270 e. The fourth-order valence-electron chi connectivity index (χ4n) is 2.81. The number of hydrogen-bond donors (Lipinski definition) is 2. The summed E-state index contributed by atoms with van der Waals surface area (Å²) in [7, 11) is 1.65. The van der Waals surface area contributed by atoms with E-state index in [0.717, 1.165) is 21.9 Å². The summed E-state index contributed by atoms with van der Waals surface area (Å²) in [5.74, 6) is 0.313. The van der Waals surface area contributed by atoms with E-state index in [0.29, 0.717) is 17.4 Å². The predicted octanol–water partition coefficient (Wildman–Crippen LogP) is 4.72. The first-order valence-electron chi connectivity index (χ1n) is 8.91. The van der Waals surface area contributed by atoms with Crippen molar-refractivity contribution in [1.82, 2.24) is 4.98 Å². The van der Waals surface area contributed by atoms with Gasteiger partial charge in [-0.15, -0.1) is 11.3 Å². The second kappa shape index (κ2) is 8.70. The zero-order valence-electron chi connectivity index (χ0n) is 16.2. The van der Waals surface area contributed by atoms with Crippen molar-refractivity contribution in [3.05, 3.63) is 63.0 Å². The highest BCUT2D eigenvalue weighted by Crippen LogP contribution is 2.32. The molecule has 1 amide bonds. The molecule has 0 aliphatic heterocycles. The maximum absolute atomic E-state index is 12.7. The molecule has 3 aromatic rings. The predicted molar refractivity (Wildman–Crippen MR) is 114 cm³/mol. The fraction of sp³-hybridized carbons (Fsp3) is 0.200. The number of rotatable bonds is 7. The average Bonchev–Trinajstić information content (AvgIpc) is 3.08. The number of nitrogens with zero attached hydrogens (tertiary/aromatic N) is 2. The molecule has 0 unspecified atom stereocenters. The number of benzene rings is 2. The number of hydrogen-bond acceptors (Lipinski definition) is 7. The topological polar surface area (TPSA) is 106 Å². The summed E-state index contributed by atoms with van der Waals surface area (Å²) < 4.78 is 5.45. The number of non-ortho nitro benzene ring substituents is 1. The molecule has 0 fully saturated rings. The lowest BCUT2D eigenvalue weighted by molar-refractivity contribution is -0.384. The van der Waals surface area contributed by atoms with Crippen LogP contribution in [-0.4, -0.2) is 29.5 Å².